The number of hydrogen-bond acceptors (Lipinski definition) is 6. The Morgan fingerprint density at radius 1 is 1.25 bits per heavy atom. The molecule has 0 radical (unpaired) electrons. The van der Waals surface area contributed by atoms with Crippen molar-refractivity contribution in [3.05, 3.63) is 42.5 Å². The summed E-state index contributed by atoms with van der Waals surface area (Å²) in [5, 5.41) is 0.615. The minimum Gasteiger partial charge on any atom is -0.463 e. The van der Waals surface area contributed by atoms with Crippen LogP contribution < -0.4 is 0 Å². The van der Waals surface area contributed by atoms with E-state index >= 15 is 0 Å². The lowest BCUT2D eigenvalue weighted by atomic mass is 10.3. The minimum atomic E-state index is -0.465. The third kappa shape index (κ3) is 2.25. The van der Waals surface area contributed by atoms with Crippen LogP contribution in [0.25, 0.3) is 21.4 Å². The molecule has 0 bridgehead atoms. The molecular formula is C14H11NO4S. The topological polar surface area (TPSA) is 65.5 Å². The van der Waals surface area contributed by atoms with Gasteiger partial charge >= 0.3 is 5.97 Å². The summed E-state index contributed by atoms with van der Waals surface area (Å²) in [6.45, 7) is 2.05. The van der Waals surface area contributed by atoms with Gasteiger partial charge in [-0.2, -0.15) is 0 Å². The first-order valence-corrected chi connectivity index (χ1v) is 6.87. The molecule has 0 spiro atoms. The Balaban J connectivity index is 2.09. The van der Waals surface area contributed by atoms with Crippen LogP contribution in [-0.4, -0.2) is 17.6 Å². The smallest absolute Gasteiger partial charge is 0.358 e. The Labute approximate surface area is 118 Å². The van der Waals surface area contributed by atoms with E-state index in [0.717, 1.165) is 0 Å². The van der Waals surface area contributed by atoms with Crippen LogP contribution in [0.15, 0.2) is 45.6 Å². The van der Waals surface area contributed by atoms with Gasteiger partial charge < -0.3 is 13.6 Å². The van der Waals surface area contributed by atoms with E-state index in [9.17, 15) is 4.79 Å². The summed E-state index contributed by atoms with van der Waals surface area (Å²) >= 11 is 1.33. The molecule has 3 aromatic heterocycles. The predicted octanol–water partition coefficient (Wildman–Crippen LogP) is 3.84. The summed E-state index contributed by atoms with van der Waals surface area (Å²) in [6, 6.07) is 7.10. The van der Waals surface area contributed by atoms with Crippen molar-refractivity contribution in [3.63, 3.8) is 0 Å². The minimum absolute atomic E-state index is 0.248. The van der Waals surface area contributed by atoms with Gasteiger partial charge in [0.15, 0.2) is 16.5 Å². The van der Waals surface area contributed by atoms with E-state index in [4.69, 9.17) is 13.6 Å². The standard InChI is InChI=1S/C14H11NO4S/c1-2-17-14(16)11-12(9-5-3-7-18-9)20-13(15-11)10-6-4-8-19-10/h3-8H,2H2,1H3. The molecule has 0 saturated heterocycles. The summed E-state index contributed by atoms with van der Waals surface area (Å²) in [6.07, 6.45) is 3.11. The van der Waals surface area contributed by atoms with Crippen molar-refractivity contribution in [3.8, 4) is 21.4 Å². The highest BCUT2D eigenvalue weighted by atomic mass is 32.1. The molecule has 3 heterocycles. The number of rotatable bonds is 4. The van der Waals surface area contributed by atoms with Gasteiger partial charge in [-0.1, -0.05) is 0 Å². The molecule has 102 valence electrons. The molecule has 0 N–H and O–H groups in total. The largest absolute Gasteiger partial charge is 0.463 e. The number of ether oxygens (including phenoxy) is 1. The summed E-state index contributed by atoms with van der Waals surface area (Å²) < 4.78 is 15.7. The van der Waals surface area contributed by atoms with E-state index in [1.807, 2.05) is 0 Å². The zero-order valence-corrected chi connectivity index (χ0v) is 11.5. The third-order valence-electron chi connectivity index (χ3n) is 2.57. The van der Waals surface area contributed by atoms with E-state index in [2.05, 4.69) is 4.98 Å². The first kappa shape index (κ1) is 12.7. The second-order valence-electron chi connectivity index (χ2n) is 3.87. The predicted molar refractivity (Wildman–Crippen MR) is 73.5 cm³/mol. The third-order valence-corrected chi connectivity index (χ3v) is 3.66. The molecule has 3 aromatic rings. The second kappa shape index (κ2) is 5.34. The molecule has 0 saturated carbocycles. The number of nitrogens with zero attached hydrogens (tertiary/aromatic N) is 1. The van der Waals surface area contributed by atoms with Crippen LogP contribution in [0, 0.1) is 0 Å². The summed E-state index contributed by atoms with van der Waals surface area (Å²) in [7, 11) is 0. The fourth-order valence-electron chi connectivity index (χ4n) is 1.74. The molecule has 0 aliphatic rings. The van der Waals surface area contributed by atoms with E-state index in [-0.39, 0.29) is 5.69 Å². The fourth-order valence-corrected chi connectivity index (χ4v) is 2.73. The number of aromatic nitrogens is 1. The Hall–Kier alpha value is -2.34. The van der Waals surface area contributed by atoms with Gasteiger partial charge in [-0.05, 0) is 31.2 Å². The van der Waals surface area contributed by atoms with Gasteiger partial charge in [0, 0.05) is 0 Å². The van der Waals surface area contributed by atoms with Crippen LogP contribution in [0.5, 0.6) is 0 Å². The molecule has 0 fully saturated rings. The number of hydrogen-bond donors (Lipinski definition) is 0. The van der Waals surface area contributed by atoms with E-state index in [0.29, 0.717) is 28.0 Å². The molecular weight excluding hydrogens is 278 g/mol. The molecule has 5 nitrogen and oxygen atoms in total. The van der Waals surface area contributed by atoms with Gasteiger partial charge in [0.1, 0.15) is 10.6 Å². The van der Waals surface area contributed by atoms with Crippen LogP contribution in [0.3, 0.4) is 0 Å². The SMILES string of the molecule is CCOC(=O)c1nc(-c2ccco2)sc1-c1ccco1. The number of carbonyl (C=O) groups is 1. The summed E-state index contributed by atoms with van der Waals surface area (Å²) in [5.41, 5.74) is 0.248. The highest BCUT2D eigenvalue weighted by molar-refractivity contribution is 7.18. The maximum Gasteiger partial charge on any atom is 0.358 e. The van der Waals surface area contributed by atoms with Crippen LogP contribution in [-0.2, 0) is 4.74 Å². The second-order valence-corrected chi connectivity index (χ2v) is 4.87. The molecule has 0 atom stereocenters. The molecule has 0 aliphatic carbocycles. The average Bonchev–Trinajstić information content (AvgIpc) is 3.19. The van der Waals surface area contributed by atoms with Gasteiger partial charge in [0.05, 0.1) is 19.1 Å². The highest BCUT2D eigenvalue weighted by Crippen LogP contribution is 2.36. The lowest BCUT2D eigenvalue weighted by Crippen LogP contribution is -2.06. The number of thiazole rings is 1. The first-order chi connectivity index (χ1) is 9.79. The molecule has 3 rings (SSSR count). The van der Waals surface area contributed by atoms with Gasteiger partial charge in [0.2, 0.25) is 0 Å². The van der Waals surface area contributed by atoms with Crippen molar-refractivity contribution in [2.24, 2.45) is 0 Å². The Morgan fingerprint density at radius 2 is 1.95 bits per heavy atom. The number of furan rings is 2. The van der Waals surface area contributed by atoms with Crippen molar-refractivity contribution >= 4 is 17.3 Å². The van der Waals surface area contributed by atoms with Gasteiger partial charge in [0.25, 0.3) is 0 Å². The Bertz CT molecular complexity index is 698. The maximum absolute atomic E-state index is 12.0. The lowest BCUT2D eigenvalue weighted by Gasteiger charge is -1.99. The average molecular weight is 289 g/mol. The summed E-state index contributed by atoms with van der Waals surface area (Å²) in [4.78, 5) is 16.9. The van der Waals surface area contributed by atoms with Crippen molar-refractivity contribution in [1.82, 2.24) is 4.98 Å². The molecule has 0 amide bonds. The van der Waals surface area contributed by atoms with Crippen LogP contribution in [0.2, 0.25) is 0 Å². The van der Waals surface area contributed by atoms with E-state index in [1.165, 1.54) is 11.3 Å². The zero-order valence-electron chi connectivity index (χ0n) is 10.7. The highest BCUT2D eigenvalue weighted by Gasteiger charge is 2.23. The number of esters is 1. The van der Waals surface area contributed by atoms with Crippen molar-refractivity contribution in [2.45, 2.75) is 6.92 Å². The summed E-state index contributed by atoms with van der Waals surface area (Å²) in [5.74, 6) is 0.731. The lowest BCUT2D eigenvalue weighted by molar-refractivity contribution is 0.0521. The van der Waals surface area contributed by atoms with Crippen LogP contribution in [0.4, 0.5) is 0 Å². The van der Waals surface area contributed by atoms with Gasteiger partial charge in [-0.25, -0.2) is 9.78 Å². The fraction of sp³-hybridized carbons (Fsp3) is 0.143. The number of carbonyl (C=O) groups excluding carboxylic acids is 1. The quantitative estimate of drug-likeness (QED) is 0.683. The van der Waals surface area contributed by atoms with Gasteiger partial charge in [-0.15, -0.1) is 11.3 Å². The Kier molecular flexibility index (Phi) is 3.39. The monoisotopic (exact) mass is 289 g/mol. The van der Waals surface area contributed by atoms with Crippen LogP contribution in [0.1, 0.15) is 17.4 Å². The van der Waals surface area contributed by atoms with E-state index < -0.39 is 5.97 Å². The molecule has 6 heteroatoms. The first-order valence-electron chi connectivity index (χ1n) is 6.05. The van der Waals surface area contributed by atoms with Crippen molar-refractivity contribution < 1.29 is 18.4 Å². The Morgan fingerprint density at radius 3 is 2.55 bits per heavy atom. The maximum atomic E-state index is 12.0. The molecule has 20 heavy (non-hydrogen) atoms. The van der Waals surface area contributed by atoms with Crippen molar-refractivity contribution in [2.75, 3.05) is 6.61 Å². The zero-order chi connectivity index (χ0) is 13.9. The van der Waals surface area contributed by atoms with Gasteiger partial charge in [-0.3, -0.25) is 0 Å². The molecule has 0 unspecified atom stereocenters. The van der Waals surface area contributed by atoms with Crippen LogP contribution >= 0.6 is 11.3 Å². The van der Waals surface area contributed by atoms with E-state index in [1.54, 1.807) is 43.7 Å². The molecule has 0 aromatic carbocycles. The van der Waals surface area contributed by atoms with Crippen molar-refractivity contribution in [1.29, 1.82) is 0 Å². The normalized spacial score (nSPS) is 10.7. The molecule has 0 aliphatic heterocycles.